The van der Waals surface area contributed by atoms with E-state index in [0.29, 0.717) is 16.7 Å². The van der Waals surface area contributed by atoms with Crippen LogP contribution in [0.15, 0.2) is 64.2 Å². The van der Waals surface area contributed by atoms with E-state index >= 15 is 0 Å². The summed E-state index contributed by atoms with van der Waals surface area (Å²) in [6, 6.07) is 17.0. The van der Waals surface area contributed by atoms with E-state index in [1.807, 2.05) is 49.4 Å². The summed E-state index contributed by atoms with van der Waals surface area (Å²) in [7, 11) is 0. The Balaban J connectivity index is 1.65. The molecule has 0 aliphatic carbocycles. The lowest BCUT2D eigenvalue weighted by molar-refractivity contribution is 0.102. The Hall–Kier alpha value is -2.40. The summed E-state index contributed by atoms with van der Waals surface area (Å²) in [6.07, 6.45) is 0. The van der Waals surface area contributed by atoms with E-state index in [4.69, 9.17) is 4.42 Å². The van der Waals surface area contributed by atoms with Gasteiger partial charge in [-0.3, -0.25) is 4.79 Å². The van der Waals surface area contributed by atoms with Crippen molar-refractivity contribution < 1.29 is 9.21 Å². The molecule has 1 aromatic heterocycles. The zero-order valence-corrected chi connectivity index (χ0v) is 12.8. The average molecular weight is 310 g/mol. The molecule has 0 amide bonds. The van der Waals surface area contributed by atoms with Crippen LogP contribution in [0.25, 0.3) is 11.5 Å². The van der Waals surface area contributed by atoms with E-state index in [2.05, 4.69) is 10.2 Å². The molecule has 0 bridgehead atoms. The van der Waals surface area contributed by atoms with E-state index in [0.717, 1.165) is 5.56 Å². The maximum Gasteiger partial charge on any atom is 0.277 e. The van der Waals surface area contributed by atoms with Crippen molar-refractivity contribution in [2.45, 2.75) is 12.1 Å². The van der Waals surface area contributed by atoms with Crippen LogP contribution in [0.3, 0.4) is 0 Å². The molecule has 0 N–H and O–H groups in total. The number of nitrogens with zero attached hydrogens (tertiary/aromatic N) is 2. The van der Waals surface area contributed by atoms with E-state index in [-0.39, 0.29) is 11.5 Å². The van der Waals surface area contributed by atoms with Gasteiger partial charge in [-0.25, -0.2) is 0 Å². The number of ketones is 1. The molecule has 2 aromatic carbocycles. The lowest BCUT2D eigenvalue weighted by atomic mass is 10.1. The molecule has 0 saturated heterocycles. The third-order valence-corrected chi connectivity index (χ3v) is 3.95. The van der Waals surface area contributed by atoms with Crippen molar-refractivity contribution in [3.63, 3.8) is 0 Å². The van der Waals surface area contributed by atoms with Crippen LogP contribution in [0.4, 0.5) is 0 Å². The first-order valence-corrected chi connectivity index (χ1v) is 7.82. The fourth-order valence-electron chi connectivity index (χ4n) is 1.92. The maximum absolute atomic E-state index is 12.0. The normalized spacial score (nSPS) is 10.6. The van der Waals surface area contributed by atoms with Crippen molar-refractivity contribution >= 4 is 17.5 Å². The summed E-state index contributed by atoms with van der Waals surface area (Å²) in [4.78, 5) is 12.0. The van der Waals surface area contributed by atoms with Gasteiger partial charge in [-0.1, -0.05) is 59.8 Å². The monoisotopic (exact) mass is 310 g/mol. The second-order valence-corrected chi connectivity index (χ2v) is 5.74. The minimum atomic E-state index is 0.0423. The van der Waals surface area contributed by atoms with Crippen molar-refractivity contribution in [2.24, 2.45) is 0 Å². The molecule has 0 aliphatic rings. The molecule has 5 heteroatoms. The van der Waals surface area contributed by atoms with Gasteiger partial charge in [0.05, 0.1) is 5.75 Å². The van der Waals surface area contributed by atoms with Gasteiger partial charge in [0, 0.05) is 11.1 Å². The molecule has 4 nitrogen and oxygen atoms in total. The van der Waals surface area contributed by atoms with Gasteiger partial charge in [0.2, 0.25) is 5.89 Å². The Morgan fingerprint density at radius 3 is 2.50 bits per heavy atom. The van der Waals surface area contributed by atoms with Gasteiger partial charge in [0.1, 0.15) is 0 Å². The lowest BCUT2D eigenvalue weighted by Gasteiger charge is -1.98. The summed E-state index contributed by atoms with van der Waals surface area (Å²) in [5, 5.41) is 8.40. The van der Waals surface area contributed by atoms with E-state index in [1.165, 1.54) is 17.3 Å². The van der Waals surface area contributed by atoms with Gasteiger partial charge in [-0.2, -0.15) is 0 Å². The molecule has 22 heavy (non-hydrogen) atoms. The van der Waals surface area contributed by atoms with E-state index in [1.54, 1.807) is 12.1 Å². The number of aryl methyl sites for hydroxylation is 1. The molecule has 0 fully saturated rings. The number of thioether (sulfide) groups is 1. The van der Waals surface area contributed by atoms with Gasteiger partial charge in [0.15, 0.2) is 5.78 Å². The number of Topliss-reactive ketones (excluding diaryl/α,β-unsaturated/α-hetero) is 1. The summed E-state index contributed by atoms with van der Waals surface area (Å²) in [5.74, 6) is 0.787. The van der Waals surface area contributed by atoms with Gasteiger partial charge in [-0.05, 0) is 19.1 Å². The third-order valence-electron chi connectivity index (χ3n) is 3.13. The highest BCUT2D eigenvalue weighted by Crippen LogP contribution is 2.23. The molecule has 0 unspecified atom stereocenters. The number of carbonyl (C=O) groups is 1. The molecule has 1 heterocycles. The second kappa shape index (κ2) is 6.58. The molecule has 3 aromatic rings. The first-order valence-electron chi connectivity index (χ1n) is 6.84. The maximum atomic E-state index is 12.0. The minimum Gasteiger partial charge on any atom is -0.411 e. The standard InChI is InChI=1S/C17H14N2O2S/c1-12-7-9-14(10-8-12)16-18-19-17(21-16)22-11-15(20)13-5-3-2-4-6-13/h2-10H,11H2,1H3. The molecule has 0 saturated carbocycles. The smallest absolute Gasteiger partial charge is 0.277 e. The highest BCUT2D eigenvalue weighted by atomic mass is 32.2. The van der Waals surface area contributed by atoms with Crippen LogP contribution in [0.5, 0.6) is 0 Å². The van der Waals surface area contributed by atoms with Crippen molar-refractivity contribution in [3.05, 3.63) is 65.7 Å². The highest BCUT2D eigenvalue weighted by molar-refractivity contribution is 7.99. The number of aromatic nitrogens is 2. The summed E-state index contributed by atoms with van der Waals surface area (Å²) in [5.41, 5.74) is 2.74. The van der Waals surface area contributed by atoms with Crippen LogP contribution in [0, 0.1) is 6.92 Å². The van der Waals surface area contributed by atoms with Crippen molar-refractivity contribution in [1.29, 1.82) is 0 Å². The Bertz CT molecular complexity index is 767. The molecular weight excluding hydrogens is 296 g/mol. The second-order valence-electron chi connectivity index (χ2n) is 4.82. The van der Waals surface area contributed by atoms with Crippen molar-refractivity contribution in [2.75, 3.05) is 5.75 Å². The molecular formula is C17H14N2O2S. The lowest BCUT2D eigenvalue weighted by Crippen LogP contribution is -2.01. The predicted molar refractivity (Wildman–Crippen MR) is 86.0 cm³/mol. The van der Waals surface area contributed by atoms with Crippen LogP contribution in [0.2, 0.25) is 0 Å². The van der Waals surface area contributed by atoms with Gasteiger partial charge < -0.3 is 4.42 Å². The number of hydrogen-bond donors (Lipinski definition) is 0. The molecule has 0 atom stereocenters. The summed E-state index contributed by atoms with van der Waals surface area (Å²) >= 11 is 1.25. The van der Waals surface area contributed by atoms with Crippen LogP contribution >= 0.6 is 11.8 Å². The minimum absolute atomic E-state index is 0.0423. The van der Waals surface area contributed by atoms with E-state index < -0.39 is 0 Å². The Labute approximate surface area is 132 Å². The summed E-state index contributed by atoms with van der Waals surface area (Å²) in [6.45, 7) is 2.02. The first kappa shape index (κ1) is 14.5. The number of carbonyl (C=O) groups excluding carboxylic acids is 1. The van der Waals surface area contributed by atoms with Crippen molar-refractivity contribution in [3.8, 4) is 11.5 Å². The average Bonchev–Trinajstić information content (AvgIpc) is 3.03. The fourth-order valence-corrected chi connectivity index (χ4v) is 2.57. The topological polar surface area (TPSA) is 56.0 Å². The molecule has 0 radical (unpaired) electrons. The van der Waals surface area contributed by atoms with E-state index in [9.17, 15) is 4.79 Å². The molecule has 0 spiro atoms. The largest absolute Gasteiger partial charge is 0.411 e. The SMILES string of the molecule is Cc1ccc(-c2nnc(SCC(=O)c3ccccc3)o2)cc1. The predicted octanol–water partition coefficient (Wildman–Crippen LogP) is 4.02. The van der Waals surface area contributed by atoms with Gasteiger partial charge >= 0.3 is 0 Å². The highest BCUT2D eigenvalue weighted by Gasteiger charge is 2.12. The Kier molecular flexibility index (Phi) is 4.34. The van der Waals surface area contributed by atoms with Crippen LogP contribution < -0.4 is 0 Å². The van der Waals surface area contributed by atoms with Gasteiger partial charge in [0.25, 0.3) is 5.22 Å². The number of rotatable bonds is 5. The summed E-state index contributed by atoms with van der Waals surface area (Å²) < 4.78 is 5.58. The zero-order chi connectivity index (χ0) is 15.4. The van der Waals surface area contributed by atoms with Gasteiger partial charge in [-0.15, -0.1) is 10.2 Å². The third kappa shape index (κ3) is 3.43. The molecule has 3 rings (SSSR count). The molecule has 0 aliphatic heterocycles. The quantitative estimate of drug-likeness (QED) is 0.526. The number of benzene rings is 2. The fraction of sp³-hybridized carbons (Fsp3) is 0.118. The van der Waals surface area contributed by atoms with Crippen LogP contribution in [-0.4, -0.2) is 21.7 Å². The Morgan fingerprint density at radius 2 is 1.77 bits per heavy atom. The zero-order valence-electron chi connectivity index (χ0n) is 12.0. The number of hydrogen-bond acceptors (Lipinski definition) is 5. The Morgan fingerprint density at radius 1 is 1.05 bits per heavy atom. The first-order chi connectivity index (χ1) is 10.7. The van der Waals surface area contributed by atoms with Crippen LogP contribution in [0.1, 0.15) is 15.9 Å². The molecule has 110 valence electrons. The van der Waals surface area contributed by atoms with Crippen LogP contribution in [-0.2, 0) is 0 Å². The van der Waals surface area contributed by atoms with Crippen molar-refractivity contribution in [1.82, 2.24) is 10.2 Å².